The molecular formula is C21H25ClN4O3S. The Hall–Kier alpha value is -2.16. The number of ether oxygens (including phenoxy) is 1. The number of benzene rings is 1. The molecule has 1 saturated heterocycles. The number of hydrogen-bond acceptors (Lipinski definition) is 7. The van der Waals surface area contributed by atoms with Crippen LogP contribution < -0.4 is 0 Å². The summed E-state index contributed by atoms with van der Waals surface area (Å²) in [6.45, 7) is 5.65. The van der Waals surface area contributed by atoms with E-state index in [1.165, 1.54) is 15.9 Å². The van der Waals surface area contributed by atoms with Crippen molar-refractivity contribution < 1.29 is 14.6 Å². The fourth-order valence-electron chi connectivity index (χ4n) is 3.98. The summed E-state index contributed by atoms with van der Waals surface area (Å²) >= 11 is 7.72. The Bertz CT molecular complexity index is 1040. The van der Waals surface area contributed by atoms with Gasteiger partial charge in [-0.05, 0) is 50.6 Å². The Kier molecular flexibility index (Phi) is 6.26. The number of thiazole rings is 1. The SMILES string of the molecule is CCOC(=O)C1CCN([C@H](c2cccc(Cl)c2)c2sc3nc(CC)nn3c2O)CC1. The summed E-state index contributed by atoms with van der Waals surface area (Å²) < 4.78 is 6.72. The molecule has 3 aromatic rings. The molecule has 1 aliphatic rings. The van der Waals surface area contributed by atoms with E-state index < -0.39 is 0 Å². The summed E-state index contributed by atoms with van der Waals surface area (Å²) in [7, 11) is 0. The van der Waals surface area contributed by atoms with Crippen LogP contribution >= 0.6 is 22.9 Å². The highest BCUT2D eigenvalue weighted by Crippen LogP contribution is 2.41. The van der Waals surface area contributed by atoms with Crippen molar-refractivity contribution in [2.75, 3.05) is 19.7 Å². The first kappa shape index (κ1) is 21.1. The Balaban J connectivity index is 1.67. The molecule has 7 nitrogen and oxygen atoms in total. The molecule has 0 bridgehead atoms. The van der Waals surface area contributed by atoms with E-state index in [1.807, 2.05) is 38.1 Å². The van der Waals surface area contributed by atoms with E-state index in [9.17, 15) is 9.90 Å². The molecule has 0 unspecified atom stereocenters. The van der Waals surface area contributed by atoms with Crippen molar-refractivity contribution in [3.63, 3.8) is 0 Å². The normalized spacial score (nSPS) is 16.8. The van der Waals surface area contributed by atoms with Gasteiger partial charge in [-0.3, -0.25) is 9.69 Å². The molecular weight excluding hydrogens is 424 g/mol. The average Bonchev–Trinajstić information content (AvgIpc) is 3.28. The molecule has 0 aliphatic carbocycles. The molecule has 1 atom stereocenters. The second-order valence-corrected chi connectivity index (χ2v) is 8.83. The van der Waals surface area contributed by atoms with Crippen LogP contribution in [-0.4, -0.2) is 50.3 Å². The first-order valence-electron chi connectivity index (χ1n) is 10.2. The molecule has 1 aromatic carbocycles. The lowest BCUT2D eigenvalue weighted by Gasteiger charge is -2.36. The van der Waals surface area contributed by atoms with E-state index in [4.69, 9.17) is 16.3 Å². The highest BCUT2D eigenvalue weighted by atomic mass is 35.5. The van der Waals surface area contributed by atoms with Crippen molar-refractivity contribution in [2.45, 2.75) is 39.2 Å². The third-order valence-electron chi connectivity index (χ3n) is 5.49. The van der Waals surface area contributed by atoms with Crippen molar-refractivity contribution in [1.82, 2.24) is 19.5 Å². The number of carbonyl (C=O) groups excluding carboxylic acids is 1. The van der Waals surface area contributed by atoms with Crippen LogP contribution in [0.3, 0.4) is 0 Å². The summed E-state index contributed by atoms with van der Waals surface area (Å²) in [5.41, 5.74) is 0.993. The summed E-state index contributed by atoms with van der Waals surface area (Å²) in [5, 5.41) is 16.0. The third kappa shape index (κ3) is 4.04. The number of rotatable bonds is 6. The maximum atomic E-state index is 12.1. The minimum Gasteiger partial charge on any atom is -0.492 e. The molecule has 3 heterocycles. The molecule has 0 radical (unpaired) electrons. The number of likely N-dealkylation sites (tertiary alicyclic amines) is 1. The second-order valence-electron chi connectivity index (χ2n) is 7.39. The molecule has 9 heteroatoms. The predicted octanol–water partition coefficient (Wildman–Crippen LogP) is 4.08. The van der Waals surface area contributed by atoms with Crippen molar-refractivity contribution in [2.24, 2.45) is 5.92 Å². The van der Waals surface area contributed by atoms with Gasteiger partial charge in [0.15, 0.2) is 5.82 Å². The van der Waals surface area contributed by atoms with E-state index >= 15 is 0 Å². The van der Waals surface area contributed by atoms with Gasteiger partial charge in [0.2, 0.25) is 10.8 Å². The molecule has 2 aromatic heterocycles. The standard InChI is InChI=1S/C21H25ClN4O3S/c1-3-16-23-21-26(24-16)19(27)18(30-21)17(14-6-5-7-15(22)12-14)25-10-8-13(9-11-25)20(28)29-4-2/h5-7,12-13,17,27H,3-4,8-11H2,1-2H3/t17-/m1/s1. The van der Waals surface area contributed by atoms with Gasteiger partial charge in [0.1, 0.15) is 0 Å². The smallest absolute Gasteiger partial charge is 0.309 e. The average molecular weight is 449 g/mol. The van der Waals surface area contributed by atoms with Crippen molar-refractivity contribution in [1.29, 1.82) is 0 Å². The first-order chi connectivity index (χ1) is 14.5. The zero-order valence-electron chi connectivity index (χ0n) is 17.0. The Morgan fingerprint density at radius 3 is 2.77 bits per heavy atom. The Morgan fingerprint density at radius 1 is 1.37 bits per heavy atom. The minimum atomic E-state index is -0.189. The van der Waals surface area contributed by atoms with Crippen LogP contribution in [0.15, 0.2) is 24.3 Å². The topological polar surface area (TPSA) is 80.0 Å². The molecule has 1 fully saturated rings. The van der Waals surface area contributed by atoms with Gasteiger partial charge in [0, 0.05) is 11.4 Å². The van der Waals surface area contributed by atoms with Gasteiger partial charge < -0.3 is 9.84 Å². The summed E-state index contributed by atoms with van der Waals surface area (Å²) in [6.07, 6.45) is 2.15. The maximum Gasteiger partial charge on any atom is 0.309 e. The van der Waals surface area contributed by atoms with Crippen molar-refractivity contribution in [3.05, 3.63) is 45.6 Å². The Labute approximate surface area is 184 Å². The van der Waals surface area contributed by atoms with Gasteiger partial charge in [-0.15, -0.1) is 5.10 Å². The lowest BCUT2D eigenvalue weighted by atomic mass is 9.93. The second kappa shape index (κ2) is 8.91. The fourth-order valence-corrected chi connectivity index (χ4v) is 5.31. The summed E-state index contributed by atoms with van der Waals surface area (Å²) in [6, 6.07) is 7.51. The molecule has 0 saturated carbocycles. The van der Waals surface area contributed by atoms with E-state index in [-0.39, 0.29) is 23.8 Å². The zero-order valence-corrected chi connectivity index (χ0v) is 18.6. The van der Waals surface area contributed by atoms with Gasteiger partial charge in [-0.25, -0.2) is 4.98 Å². The lowest BCUT2D eigenvalue weighted by Crippen LogP contribution is -2.39. The predicted molar refractivity (Wildman–Crippen MR) is 116 cm³/mol. The first-order valence-corrected chi connectivity index (χ1v) is 11.4. The number of fused-ring (bicyclic) bond motifs is 1. The van der Waals surface area contributed by atoms with Crippen LogP contribution in [0, 0.1) is 5.92 Å². The summed E-state index contributed by atoms with van der Waals surface area (Å²) in [5.74, 6) is 0.617. The summed E-state index contributed by atoms with van der Waals surface area (Å²) in [4.78, 5) is 20.4. The lowest BCUT2D eigenvalue weighted by molar-refractivity contribution is -0.149. The number of carbonyl (C=O) groups is 1. The quantitative estimate of drug-likeness (QED) is 0.572. The highest BCUT2D eigenvalue weighted by molar-refractivity contribution is 7.17. The van der Waals surface area contributed by atoms with Crippen LogP contribution in [-0.2, 0) is 16.0 Å². The zero-order chi connectivity index (χ0) is 21.3. The van der Waals surface area contributed by atoms with Crippen LogP contribution in [0.25, 0.3) is 4.96 Å². The number of halogens is 1. The molecule has 30 heavy (non-hydrogen) atoms. The molecule has 0 amide bonds. The largest absolute Gasteiger partial charge is 0.492 e. The minimum absolute atomic E-state index is 0.0794. The van der Waals surface area contributed by atoms with Crippen LogP contribution in [0.4, 0.5) is 0 Å². The van der Waals surface area contributed by atoms with Gasteiger partial charge in [0.05, 0.1) is 23.4 Å². The van der Waals surface area contributed by atoms with E-state index in [0.29, 0.717) is 41.9 Å². The Morgan fingerprint density at radius 2 is 2.13 bits per heavy atom. The number of nitrogens with zero attached hydrogens (tertiary/aromatic N) is 4. The number of aryl methyl sites for hydroxylation is 1. The highest BCUT2D eigenvalue weighted by Gasteiger charge is 2.34. The van der Waals surface area contributed by atoms with Crippen molar-refractivity contribution >= 4 is 33.9 Å². The molecule has 0 spiro atoms. The number of aromatic nitrogens is 3. The van der Waals surface area contributed by atoms with Gasteiger partial charge in [-0.1, -0.05) is 42.0 Å². The number of hydrogen-bond donors (Lipinski definition) is 1. The van der Waals surface area contributed by atoms with Crippen LogP contribution in [0.1, 0.15) is 49.0 Å². The van der Waals surface area contributed by atoms with E-state index in [0.717, 1.165) is 23.3 Å². The fraction of sp³-hybridized carbons (Fsp3) is 0.476. The van der Waals surface area contributed by atoms with Crippen LogP contribution in [0.2, 0.25) is 5.02 Å². The molecule has 160 valence electrons. The number of esters is 1. The van der Waals surface area contributed by atoms with E-state index in [2.05, 4.69) is 15.0 Å². The number of piperidine rings is 1. The van der Waals surface area contributed by atoms with Crippen molar-refractivity contribution in [3.8, 4) is 5.88 Å². The maximum absolute atomic E-state index is 12.1. The van der Waals surface area contributed by atoms with Crippen LogP contribution in [0.5, 0.6) is 5.88 Å². The van der Waals surface area contributed by atoms with Gasteiger partial charge in [0.25, 0.3) is 0 Å². The van der Waals surface area contributed by atoms with Gasteiger partial charge >= 0.3 is 5.97 Å². The molecule has 1 aliphatic heterocycles. The third-order valence-corrected chi connectivity index (χ3v) is 6.79. The molecule has 4 rings (SSSR count). The number of aromatic hydroxyl groups is 1. The van der Waals surface area contributed by atoms with E-state index in [1.54, 1.807) is 0 Å². The molecule has 1 N–H and O–H groups in total. The van der Waals surface area contributed by atoms with Gasteiger partial charge in [-0.2, -0.15) is 4.52 Å². The monoisotopic (exact) mass is 448 g/mol.